The van der Waals surface area contributed by atoms with E-state index in [1.54, 1.807) is 24.3 Å². The molecule has 0 unspecified atom stereocenters. The van der Waals surface area contributed by atoms with Crippen LogP contribution in [0.1, 0.15) is 16.1 Å². The van der Waals surface area contributed by atoms with Crippen LogP contribution in [0.4, 0.5) is 5.82 Å². The fourth-order valence-corrected chi connectivity index (χ4v) is 1.71. The molecule has 0 saturated carbocycles. The van der Waals surface area contributed by atoms with Crippen LogP contribution in [-0.4, -0.2) is 23.1 Å². The second-order valence-corrected chi connectivity index (χ2v) is 3.97. The summed E-state index contributed by atoms with van der Waals surface area (Å²) >= 11 is 0. The van der Waals surface area contributed by atoms with E-state index in [1.165, 1.54) is 13.2 Å². The van der Waals surface area contributed by atoms with Gasteiger partial charge in [-0.05, 0) is 31.2 Å². The molecule has 0 fully saturated rings. The van der Waals surface area contributed by atoms with Gasteiger partial charge in [0, 0.05) is 5.69 Å². The number of phenolic OH excluding ortho intramolecular Hbond substituents is 1. The average Bonchev–Trinajstić information content (AvgIpc) is 2.38. The van der Waals surface area contributed by atoms with Crippen molar-refractivity contribution in [1.82, 2.24) is 4.98 Å². The number of pyridine rings is 1. The van der Waals surface area contributed by atoms with E-state index in [0.29, 0.717) is 11.6 Å². The van der Waals surface area contributed by atoms with Gasteiger partial charge in [0.2, 0.25) is 0 Å². The molecule has 19 heavy (non-hydrogen) atoms. The van der Waals surface area contributed by atoms with Crippen LogP contribution in [0.15, 0.2) is 36.4 Å². The van der Waals surface area contributed by atoms with Crippen molar-refractivity contribution in [2.45, 2.75) is 6.92 Å². The molecule has 0 atom stereocenters. The molecule has 2 N–H and O–H groups in total. The monoisotopic (exact) mass is 258 g/mol. The van der Waals surface area contributed by atoms with Gasteiger partial charge in [-0.2, -0.15) is 0 Å². The van der Waals surface area contributed by atoms with E-state index in [-0.39, 0.29) is 11.3 Å². The predicted octanol–water partition coefficient (Wildman–Crippen LogP) is 2.36. The third kappa shape index (κ3) is 2.82. The number of hydrogen-bond donors (Lipinski definition) is 2. The van der Waals surface area contributed by atoms with Crippen molar-refractivity contribution in [3.8, 4) is 11.5 Å². The molecule has 1 heterocycles. The number of rotatable bonds is 3. The largest absolute Gasteiger partial charge is 0.507 e. The zero-order valence-corrected chi connectivity index (χ0v) is 10.7. The molecule has 0 saturated heterocycles. The molecule has 1 aromatic heterocycles. The number of aromatic hydroxyl groups is 1. The summed E-state index contributed by atoms with van der Waals surface area (Å²) in [5.74, 6) is 0.137. The van der Waals surface area contributed by atoms with Crippen LogP contribution in [-0.2, 0) is 0 Å². The van der Waals surface area contributed by atoms with Gasteiger partial charge in [-0.1, -0.05) is 12.1 Å². The van der Waals surface area contributed by atoms with Crippen LogP contribution in [0, 0.1) is 6.92 Å². The second-order valence-electron chi connectivity index (χ2n) is 3.97. The minimum Gasteiger partial charge on any atom is -0.507 e. The summed E-state index contributed by atoms with van der Waals surface area (Å²) in [6, 6.07) is 9.95. The summed E-state index contributed by atoms with van der Waals surface area (Å²) in [5, 5.41) is 12.4. The molecule has 5 nitrogen and oxygen atoms in total. The van der Waals surface area contributed by atoms with Gasteiger partial charge in [-0.25, -0.2) is 4.98 Å². The van der Waals surface area contributed by atoms with Gasteiger partial charge in [0.1, 0.15) is 22.9 Å². The number of nitrogens with one attached hydrogen (secondary N) is 1. The Morgan fingerprint density at radius 2 is 2.00 bits per heavy atom. The first kappa shape index (κ1) is 12.9. The molecular formula is C14H14N2O3. The predicted molar refractivity (Wildman–Crippen MR) is 71.6 cm³/mol. The SMILES string of the molecule is COc1cccc(O)c1C(=O)Nc1cccc(C)n1. The van der Waals surface area contributed by atoms with Gasteiger partial charge >= 0.3 is 0 Å². The van der Waals surface area contributed by atoms with Crippen molar-refractivity contribution >= 4 is 11.7 Å². The molecule has 0 aliphatic rings. The Kier molecular flexibility index (Phi) is 3.66. The standard InChI is InChI=1S/C14H14N2O3/c1-9-5-3-8-12(15-9)16-14(18)13-10(17)6-4-7-11(13)19-2/h3-8,17H,1-2H3,(H,15,16,18). The molecule has 0 radical (unpaired) electrons. The van der Waals surface area contributed by atoms with Crippen molar-refractivity contribution in [2.24, 2.45) is 0 Å². The maximum Gasteiger partial charge on any atom is 0.264 e. The fourth-order valence-electron chi connectivity index (χ4n) is 1.71. The molecule has 98 valence electrons. The van der Waals surface area contributed by atoms with Gasteiger partial charge in [-0.15, -0.1) is 0 Å². The number of amides is 1. The Bertz CT molecular complexity index is 611. The topological polar surface area (TPSA) is 71.5 Å². The summed E-state index contributed by atoms with van der Waals surface area (Å²) in [4.78, 5) is 16.3. The number of nitrogens with zero attached hydrogens (tertiary/aromatic N) is 1. The summed E-state index contributed by atoms with van der Waals surface area (Å²) in [7, 11) is 1.44. The number of ether oxygens (including phenoxy) is 1. The highest BCUT2D eigenvalue weighted by atomic mass is 16.5. The first-order valence-electron chi connectivity index (χ1n) is 5.73. The van der Waals surface area contributed by atoms with E-state index in [1.807, 2.05) is 13.0 Å². The van der Waals surface area contributed by atoms with E-state index < -0.39 is 5.91 Å². The van der Waals surface area contributed by atoms with Crippen LogP contribution < -0.4 is 10.1 Å². The van der Waals surface area contributed by atoms with Crippen molar-refractivity contribution in [3.05, 3.63) is 47.7 Å². The molecular weight excluding hydrogens is 244 g/mol. The summed E-state index contributed by atoms with van der Waals surface area (Å²) < 4.78 is 5.07. The maximum atomic E-state index is 12.1. The van der Waals surface area contributed by atoms with Gasteiger partial charge in [0.15, 0.2) is 0 Å². The number of carbonyl (C=O) groups excluding carboxylic acids is 1. The van der Waals surface area contributed by atoms with Crippen LogP contribution in [0.3, 0.4) is 0 Å². The Balaban J connectivity index is 2.30. The van der Waals surface area contributed by atoms with Crippen molar-refractivity contribution in [2.75, 3.05) is 12.4 Å². The fraction of sp³-hybridized carbons (Fsp3) is 0.143. The van der Waals surface area contributed by atoms with E-state index in [2.05, 4.69) is 10.3 Å². The normalized spacial score (nSPS) is 10.0. The summed E-state index contributed by atoms with van der Waals surface area (Å²) in [6.07, 6.45) is 0. The number of carbonyl (C=O) groups is 1. The highest BCUT2D eigenvalue weighted by Crippen LogP contribution is 2.27. The Hall–Kier alpha value is -2.56. The van der Waals surface area contributed by atoms with Gasteiger partial charge in [0.25, 0.3) is 5.91 Å². The van der Waals surface area contributed by atoms with E-state index in [9.17, 15) is 9.90 Å². The lowest BCUT2D eigenvalue weighted by Gasteiger charge is -2.10. The maximum absolute atomic E-state index is 12.1. The number of hydrogen-bond acceptors (Lipinski definition) is 4. The number of phenols is 1. The van der Waals surface area contributed by atoms with Crippen LogP contribution in [0.25, 0.3) is 0 Å². The van der Waals surface area contributed by atoms with Crippen LogP contribution in [0.2, 0.25) is 0 Å². The lowest BCUT2D eigenvalue weighted by molar-refractivity contribution is 0.102. The van der Waals surface area contributed by atoms with Crippen molar-refractivity contribution in [1.29, 1.82) is 0 Å². The minimum absolute atomic E-state index is 0.0910. The zero-order chi connectivity index (χ0) is 13.8. The molecule has 5 heteroatoms. The lowest BCUT2D eigenvalue weighted by atomic mass is 10.1. The Morgan fingerprint density at radius 3 is 2.68 bits per heavy atom. The number of aromatic nitrogens is 1. The summed E-state index contributed by atoms with van der Waals surface area (Å²) in [6.45, 7) is 1.83. The van der Waals surface area contributed by atoms with Crippen molar-refractivity contribution < 1.29 is 14.6 Å². The van der Waals surface area contributed by atoms with Crippen molar-refractivity contribution in [3.63, 3.8) is 0 Å². The summed E-state index contributed by atoms with van der Waals surface area (Å²) in [5.41, 5.74) is 0.885. The average molecular weight is 258 g/mol. The van der Waals surface area contributed by atoms with E-state index in [4.69, 9.17) is 4.74 Å². The van der Waals surface area contributed by atoms with Gasteiger partial charge in [-0.3, -0.25) is 4.79 Å². The quantitative estimate of drug-likeness (QED) is 0.886. The molecule has 0 spiro atoms. The molecule has 2 rings (SSSR count). The molecule has 0 aliphatic carbocycles. The zero-order valence-electron chi connectivity index (χ0n) is 10.7. The molecule has 1 aromatic carbocycles. The van der Waals surface area contributed by atoms with Crippen LogP contribution >= 0.6 is 0 Å². The first-order chi connectivity index (χ1) is 9.11. The third-order valence-electron chi connectivity index (χ3n) is 2.58. The molecule has 0 aliphatic heterocycles. The first-order valence-corrected chi connectivity index (χ1v) is 5.73. The van der Waals surface area contributed by atoms with Gasteiger partial charge < -0.3 is 15.2 Å². The number of benzene rings is 1. The number of anilines is 1. The second kappa shape index (κ2) is 5.39. The molecule has 2 aromatic rings. The number of aryl methyl sites for hydroxylation is 1. The molecule has 0 bridgehead atoms. The Morgan fingerprint density at radius 1 is 1.26 bits per heavy atom. The highest BCUT2D eigenvalue weighted by molar-refractivity contribution is 6.07. The van der Waals surface area contributed by atoms with Crippen LogP contribution in [0.5, 0.6) is 11.5 Å². The highest BCUT2D eigenvalue weighted by Gasteiger charge is 2.17. The number of methoxy groups -OCH3 is 1. The third-order valence-corrected chi connectivity index (χ3v) is 2.58. The smallest absolute Gasteiger partial charge is 0.264 e. The minimum atomic E-state index is -0.465. The van der Waals surface area contributed by atoms with E-state index in [0.717, 1.165) is 5.69 Å². The van der Waals surface area contributed by atoms with Gasteiger partial charge in [0.05, 0.1) is 7.11 Å². The molecule has 1 amide bonds. The van der Waals surface area contributed by atoms with E-state index >= 15 is 0 Å². The lowest BCUT2D eigenvalue weighted by Crippen LogP contribution is -2.14. The Labute approximate surface area is 110 Å².